The molecule has 2 aliphatic heterocycles. The molecule has 0 atom stereocenters. The molecule has 7 heteroatoms. The van der Waals surface area contributed by atoms with Crippen molar-refractivity contribution in [3.63, 3.8) is 0 Å². The molecule has 1 N–H and O–H groups in total. The zero-order valence-electron chi connectivity index (χ0n) is 11.1. The maximum absolute atomic E-state index is 11.6. The van der Waals surface area contributed by atoms with Crippen LogP contribution in [0.3, 0.4) is 0 Å². The Bertz CT molecular complexity index is 361. The van der Waals surface area contributed by atoms with E-state index in [1.165, 1.54) is 12.0 Å². The number of likely N-dealkylation sites (tertiary alicyclic amines) is 1. The highest BCUT2D eigenvalue weighted by Gasteiger charge is 2.32. The van der Waals surface area contributed by atoms with Gasteiger partial charge in [0.2, 0.25) is 11.8 Å². The monoisotopic (exact) mass is 269 g/mol. The highest BCUT2D eigenvalue weighted by atomic mass is 16.5. The van der Waals surface area contributed by atoms with Crippen LogP contribution in [-0.4, -0.2) is 67.5 Å². The number of hydrogen-bond donors (Lipinski definition) is 1. The van der Waals surface area contributed by atoms with Crippen molar-refractivity contribution in [1.82, 2.24) is 15.1 Å². The first-order valence-electron chi connectivity index (χ1n) is 6.46. The smallest absolute Gasteiger partial charge is 0.324 e. The van der Waals surface area contributed by atoms with Crippen molar-refractivity contribution < 1.29 is 19.1 Å². The quantitative estimate of drug-likeness (QED) is 0.693. The van der Waals surface area contributed by atoms with Gasteiger partial charge in [-0.2, -0.15) is 0 Å². The summed E-state index contributed by atoms with van der Waals surface area (Å²) in [4.78, 5) is 37.6. The average Bonchev–Trinajstić information content (AvgIpc) is 2.72. The summed E-state index contributed by atoms with van der Waals surface area (Å²) >= 11 is 0. The van der Waals surface area contributed by atoms with Gasteiger partial charge in [0.05, 0.1) is 6.54 Å². The number of urea groups is 1. The molecule has 4 amide bonds. The van der Waals surface area contributed by atoms with Gasteiger partial charge in [-0.3, -0.25) is 14.5 Å². The van der Waals surface area contributed by atoms with Crippen molar-refractivity contribution in [3.05, 3.63) is 0 Å². The molecular weight excluding hydrogens is 250 g/mol. The zero-order chi connectivity index (χ0) is 13.8. The first-order valence-corrected chi connectivity index (χ1v) is 6.46. The van der Waals surface area contributed by atoms with Crippen molar-refractivity contribution in [1.29, 1.82) is 0 Å². The number of ether oxygens (including phenoxy) is 1. The molecule has 0 spiro atoms. The van der Waals surface area contributed by atoms with E-state index in [-0.39, 0.29) is 36.9 Å². The van der Waals surface area contributed by atoms with Gasteiger partial charge in [-0.05, 0) is 18.8 Å². The lowest BCUT2D eigenvalue weighted by molar-refractivity contribution is -0.137. The Morgan fingerprint density at radius 2 is 2.05 bits per heavy atom. The van der Waals surface area contributed by atoms with E-state index in [1.54, 1.807) is 4.90 Å². The Hall–Kier alpha value is -1.63. The van der Waals surface area contributed by atoms with E-state index >= 15 is 0 Å². The molecule has 0 aromatic carbocycles. The predicted octanol–water partition coefficient (Wildman–Crippen LogP) is -0.577. The summed E-state index contributed by atoms with van der Waals surface area (Å²) in [6, 6.07) is -0.303. The van der Waals surface area contributed by atoms with E-state index in [1.807, 2.05) is 0 Å². The van der Waals surface area contributed by atoms with Crippen LogP contribution in [0.1, 0.15) is 12.8 Å². The minimum atomic E-state index is -0.303. The fraction of sp³-hybridized carbons (Fsp3) is 0.750. The fourth-order valence-corrected chi connectivity index (χ4v) is 2.48. The molecule has 0 aromatic heterocycles. The molecule has 2 heterocycles. The number of nitrogens with one attached hydrogen (secondary N) is 1. The molecule has 2 aliphatic rings. The SMILES string of the molecule is COCC(=O)N1CCC(CN2C(=O)CNC2=O)CC1. The number of hydrogen-bond acceptors (Lipinski definition) is 4. The molecule has 7 nitrogen and oxygen atoms in total. The van der Waals surface area contributed by atoms with E-state index in [2.05, 4.69) is 5.32 Å². The normalized spacial score (nSPS) is 20.9. The minimum Gasteiger partial charge on any atom is -0.375 e. The third-order valence-corrected chi connectivity index (χ3v) is 3.61. The second-order valence-electron chi connectivity index (χ2n) is 4.92. The summed E-state index contributed by atoms with van der Waals surface area (Å²) in [6.45, 7) is 1.99. The van der Waals surface area contributed by atoms with Gasteiger partial charge in [0.1, 0.15) is 6.61 Å². The zero-order valence-corrected chi connectivity index (χ0v) is 11.1. The second-order valence-corrected chi connectivity index (χ2v) is 4.92. The summed E-state index contributed by atoms with van der Waals surface area (Å²) in [5.41, 5.74) is 0. The van der Waals surface area contributed by atoms with Crippen LogP contribution in [0, 0.1) is 5.92 Å². The Labute approximate surface area is 111 Å². The Kier molecular flexibility index (Phi) is 4.36. The van der Waals surface area contributed by atoms with Gasteiger partial charge in [-0.15, -0.1) is 0 Å². The van der Waals surface area contributed by atoms with Gasteiger partial charge in [0.25, 0.3) is 0 Å². The number of carbonyl (C=O) groups is 3. The van der Waals surface area contributed by atoms with Crippen LogP contribution >= 0.6 is 0 Å². The maximum atomic E-state index is 11.6. The van der Waals surface area contributed by atoms with Crippen molar-refractivity contribution >= 4 is 17.8 Å². The molecule has 2 fully saturated rings. The van der Waals surface area contributed by atoms with Gasteiger partial charge in [0.15, 0.2) is 0 Å². The van der Waals surface area contributed by atoms with Crippen LogP contribution in [0.2, 0.25) is 0 Å². The summed E-state index contributed by atoms with van der Waals surface area (Å²) in [7, 11) is 1.50. The minimum absolute atomic E-state index is 0.00376. The highest BCUT2D eigenvalue weighted by molar-refractivity contribution is 6.01. The van der Waals surface area contributed by atoms with E-state index in [0.717, 1.165) is 12.8 Å². The summed E-state index contributed by atoms with van der Waals surface area (Å²) in [5, 5.41) is 2.51. The van der Waals surface area contributed by atoms with Crippen molar-refractivity contribution in [2.24, 2.45) is 5.92 Å². The number of methoxy groups -OCH3 is 1. The molecule has 0 radical (unpaired) electrons. The van der Waals surface area contributed by atoms with Crippen LogP contribution in [0.25, 0.3) is 0 Å². The van der Waals surface area contributed by atoms with Crippen LogP contribution in [0.4, 0.5) is 4.79 Å². The van der Waals surface area contributed by atoms with E-state index < -0.39 is 0 Å². The molecular formula is C12H19N3O4. The van der Waals surface area contributed by atoms with E-state index in [4.69, 9.17) is 4.74 Å². The topological polar surface area (TPSA) is 79.0 Å². The Morgan fingerprint density at radius 3 is 2.58 bits per heavy atom. The third-order valence-electron chi connectivity index (χ3n) is 3.61. The van der Waals surface area contributed by atoms with Gasteiger partial charge in [0, 0.05) is 26.7 Å². The van der Waals surface area contributed by atoms with Gasteiger partial charge in [-0.1, -0.05) is 0 Å². The van der Waals surface area contributed by atoms with Crippen LogP contribution in [0.5, 0.6) is 0 Å². The van der Waals surface area contributed by atoms with Crippen molar-refractivity contribution in [2.75, 3.05) is 39.9 Å². The first-order chi connectivity index (χ1) is 9.11. The maximum Gasteiger partial charge on any atom is 0.324 e. The van der Waals surface area contributed by atoms with Crippen molar-refractivity contribution in [3.8, 4) is 0 Å². The molecule has 0 unspecified atom stereocenters. The van der Waals surface area contributed by atoms with Crippen LogP contribution in [-0.2, 0) is 14.3 Å². The average molecular weight is 269 g/mol. The summed E-state index contributed by atoms with van der Waals surface area (Å²) < 4.78 is 4.82. The summed E-state index contributed by atoms with van der Waals surface area (Å²) in [6.07, 6.45) is 1.62. The number of amides is 4. The Balaban J connectivity index is 1.79. The van der Waals surface area contributed by atoms with Gasteiger partial charge in [-0.25, -0.2) is 4.79 Å². The lowest BCUT2D eigenvalue weighted by atomic mass is 9.96. The molecule has 0 saturated carbocycles. The number of nitrogens with zero attached hydrogens (tertiary/aromatic N) is 2. The number of piperidine rings is 1. The predicted molar refractivity (Wildman–Crippen MR) is 66.3 cm³/mol. The molecule has 0 aromatic rings. The number of rotatable bonds is 4. The number of imide groups is 1. The molecule has 0 aliphatic carbocycles. The lowest BCUT2D eigenvalue weighted by Gasteiger charge is -2.33. The van der Waals surface area contributed by atoms with Crippen LogP contribution < -0.4 is 5.32 Å². The third kappa shape index (κ3) is 3.23. The van der Waals surface area contributed by atoms with Gasteiger partial charge >= 0.3 is 6.03 Å². The van der Waals surface area contributed by atoms with Crippen molar-refractivity contribution in [2.45, 2.75) is 12.8 Å². The largest absolute Gasteiger partial charge is 0.375 e. The molecule has 106 valence electrons. The summed E-state index contributed by atoms with van der Waals surface area (Å²) in [5.74, 6) is 0.109. The highest BCUT2D eigenvalue weighted by Crippen LogP contribution is 2.19. The Morgan fingerprint density at radius 1 is 1.37 bits per heavy atom. The molecule has 19 heavy (non-hydrogen) atoms. The fourth-order valence-electron chi connectivity index (χ4n) is 2.48. The van der Waals surface area contributed by atoms with Gasteiger partial charge < -0.3 is 15.0 Å². The van der Waals surface area contributed by atoms with E-state index in [9.17, 15) is 14.4 Å². The van der Waals surface area contributed by atoms with Crippen LogP contribution in [0.15, 0.2) is 0 Å². The number of carbonyl (C=O) groups excluding carboxylic acids is 3. The molecule has 2 rings (SSSR count). The first kappa shape index (κ1) is 13.8. The second kappa shape index (κ2) is 6.01. The van der Waals surface area contributed by atoms with E-state index in [0.29, 0.717) is 19.6 Å². The molecule has 0 bridgehead atoms. The molecule has 2 saturated heterocycles. The standard InChI is InChI=1S/C12H19N3O4/c1-19-8-11(17)14-4-2-9(3-5-14)7-15-10(16)6-13-12(15)18/h9H,2-8H2,1H3,(H,13,18). The lowest BCUT2D eigenvalue weighted by Crippen LogP contribution is -2.44.